The Morgan fingerprint density at radius 2 is 1.57 bits per heavy atom. The Kier molecular flexibility index (Phi) is 2.96. The number of fused-ring (bicyclic) bond motifs is 4. The molecular formula is C20H19Cl2N. The molecule has 1 saturated carbocycles. The van der Waals surface area contributed by atoms with E-state index in [2.05, 4.69) is 53.4 Å². The van der Waals surface area contributed by atoms with Gasteiger partial charge in [0.15, 0.2) is 0 Å². The van der Waals surface area contributed by atoms with Gasteiger partial charge in [0.05, 0.1) is 5.54 Å². The van der Waals surface area contributed by atoms with Gasteiger partial charge < -0.3 is 0 Å². The summed E-state index contributed by atoms with van der Waals surface area (Å²) in [4.78, 5) is 2.55. The number of benzene rings is 2. The maximum absolute atomic E-state index is 6.88. The Labute approximate surface area is 147 Å². The van der Waals surface area contributed by atoms with Gasteiger partial charge in [-0.2, -0.15) is 0 Å². The molecule has 118 valence electrons. The fraction of sp³-hybridized carbons (Fsp3) is 0.400. The largest absolute Gasteiger partial charge is 0.286 e. The van der Waals surface area contributed by atoms with Crippen LogP contribution in [0.5, 0.6) is 0 Å². The molecule has 1 aliphatic heterocycles. The van der Waals surface area contributed by atoms with Crippen LogP contribution in [0, 0.1) is 5.92 Å². The van der Waals surface area contributed by atoms with Crippen molar-refractivity contribution < 1.29 is 0 Å². The Balaban J connectivity index is 1.62. The summed E-state index contributed by atoms with van der Waals surface area (Å²) in [6.45, 7) is 1.98. The molecule has 0 amide bonds. The van der Waals surface area contributed by atoms with Gasteiger partial charge in [0.1, 0.15) is 4.33 Å². The van der Waals surface area contributed by atoms with Crippen molar-refractivity contribution in [2.45, 2.75) is 35.7 Å². The first-order valence-corrected chi connectivity index (χ1v) is 9.19. The van der Waals surface area contributed by atoms with E-state index in [1.54, 1.807) is 0 Å². The summed E-state index contributed by atoms with van der Waals surface area (Å²) in [6, 6.07) is 17.5. The lowest BCUT2D eigenvalue weighted by Crippen LogP contribution is -2.44. The monoisotopic (exact) mass is 343 g/mol. The molecule has 1 nitrogen and oxygen atoms in total. The molecule has 2 aliphatic carbocycles. The highest BCUT2D eigenvalue weighted by molar-refractivity contribution is 6.52. The zero-order valence-corrected chi connectivity index (χ0v) is 14.4. The lowest BCUT2D eigenvalue weighted by atomic mass is 9.85. The van der Waals surface area contributed by atoms with Crippen molar-refractivity contribution in [3.63, 3.8) is 0 Å². The lowest BCUT2D eigenvalue weighted by molar-refractivity contribution is 0.135. The number of hydrogen-bond acceptors (Lipinski definition) is 1. The van der Waals surface area contributed by atoms with E-state index in [0.29, 0.717) is 5.92 Å². The van der Waals surface area contributed by atoms with Crippen molar-refractivity contribution in [3.05, 3.63) is 70.8 Å². The van der Waals surface area contributed by atoms with Gasteiger partial charge in [0.25, 0.3) is 0 Å². The molecule has 0 spiro atoms. The van der Waals surface area contributed by atoms with Gasteiger partial charge in [0, 0.05) is 19.0 Å². The molecule has 2 atom stereocenters. The van der Waals surface area contributed by atoms with Crippen LogP contribution >= 0.6 is 23.2 Å². The van der Waals surface area contributed by atoms with Gasteiger partial charge in [-0.25, -0.2) is 0 Å². The summed E-state index contributed by atoms with van der Waals surface area (Å²) in [5.74, 6) is 0.346. The number of nitrogens with zero attached hydrogens (tertiary/aromatic N) is 1. The van der Waals surface area contributed by atoms with Gasteiger partial charge in [-0.1, -0.05) is 71.7 Å². The molecule has 1 fully saturated rings. The van der Waals surface area contributed by atoms with E-state index in [9.17, 15) is 0 Å². The molecule has 2 aromatic rings. The summed E-state index contributed by atoms with van der Waals surface area (Å²) in [5.41, 5.74) is 5.48. The molecule has 3 aliphatic rings. The molecule has 0 saturated heterocycles. The first-order chi connectivity index (χ1) is 11.2. The SMILES string of the molecule is ClC1(Cl)C2CCc3ccccc3C21N1CCc2ccccc2C1. The van der Waals surface area contributed by atoms with Crippen LogP contribution in [0.4, 0.5) is 0 Å². The molecular weight excluding hydrogens is 325 g/mol. The number of rotatable bonds is 1. The number of halogens is 2. The molecule has 5 rings (SSSR count). The maximum Gasteiger partial charge on any atom is 0.146 e. The molecule has 0 aromatic heterocycles. The van der Waals surface area contributed by atoms with Crippen LogP contribution in [0.15, 0.2) is 48.5 Å². The van der Waals surface area contributed by atoms with Crippen molar-refractivity contribution in [1.29, 1.82) is 0 Å². The third kappa shape index (κ3) is 1.74. The first kappa shape index (κ1) is 14.3. The van der Waals surface area contributed by atoms with E-state index in [1.807, 2.05) is 0 Å². The average molecular weight is 344 g/mol. The van der Waals surface area contributed by atoms with E-state index in [0.717, 1.165) is 32.4 Å². The van der Waals surface area contributed by atoms with Crippen LogP contribution in [0.3, 0.4) is 0 Å². The van der Waals surface area contributed by atoms with Gasteiger partial charge >= 0.3 is 0 Å². The summed E-state index contributed by atoms with van der Waals surface area (Å²) in [5, 5.41) is 0. The molecule has 23 heavy (non-hydrogen) atoms. The Morgan fingerprint density at radius 3 is 2.39 bits per heavy atom. The zero-order valence-electron chi connectivity index (χ0n) is 12.9. The van der Waals surface area contributed by atoms with Crippen LogP contribution in [-0.4, -0.2) is 15.8 Å². The van der Waals surface area contributed by atoms with Crippen LogP contribution in [0.25, 0.3) is 0 Å². The second kappa shape index (κ2) is 4.75. The Bertz CT molecular complexity index is 785. The maximum atomic E-state index is 6.88. The van der Waals surface area contributed by atoms with Gasteiger partial charge in [-0.05, 0) is 41.5 Å². The summed E-state index contributed by atoms with van der Waals surface area (Å²) in [6.07, 6.45) is 3.26. The summed E-state index contributed by atoms with van der Waals surface area (Å²) < 4.78 is -0.661. The van der Waals surface area contributed by atoms with Gasteiger partial charge in [-0.15, -0.1) is 0 Å². The van der Waals surface area contributed by atoms with E-state index in [-0.39, 0.29) is 5.54 Å². The van der Waals surface area contributed by atoms with Crippen molar-refractivity contribution >= 4 is 23.2 Å². The van der Waals surface area contributed by atoms with Crippen molar-refractivity contribution in [2.75, 3.05) is 6.54 Å². The molecule has 0 bridgehead atoms. The summed E-state index contributed by atoms with van der Waals surface area (Å²) in [7, 11) is 0. The van der Waals surface area contributed by atoms with Crippen LogP contribution in [0.1, 0.15) is 28.7 Å². The highest BCUT2D eigenvalue weighted by Crippen LogP contribution is 2.74. The number of aryl methyl sites for hydroxylation is 1. The molecule has 2 unspecified atom stereocenters. The van der Waals surface area contributed by atoms with E-state index < -0.39 is 4.33 Å². The highest BCUT2D eigenvalue weighted by atomic mass is 35.5. The predicted molar refractivity (Wildman–Crippen MR) is 94.9 cm³/mol. The van der Waals surface area contributed by atoms with Crippen LogP contribution < -0.4 is 0 Å². The quantitative estimate of drug-likeness (QED) is 0.679. The molecule has 1 heterocycles. The summed E-state index contributed by atoms with van der Waals surface area (Å²) >= 11 is 13.8. The second-order valence-corrected chi connectivity index (χ2v) is 8.46. The Morgan fingerprint density at radius 1 is 0.870 bits per heavy atom. The number of alkyl halides is 2. The predicted octanol–water partition coefficient (Wildman–Crippen LogP) is 4.69. The van der Waals surface area contributed by atoms with E-state index in [4.69, 9.17) is 23.2 Å². The normalized spacial score (nSPS) is 31.0. The van der Waals surface area contributed by atoms with Gasteiger partial charge in [0.2, 0.25) is 0 Å². The van der Waals surface area contributed by atoms with E-state index in [1.165, 1.54) is 22.3 Å². The highest BCUT2D eigenvalue weighted by Gasteiger charge is 2.79. The minimum absolute atomic E-state index is 0.196. The van der Waals surface area contributed by atoms with Gasteiger partial charge in [-0.3, -0.25) is 4.90 Å². The van der Waals surface area contributed by atoms with Crippen molar-refractivity contribution in [2.24, 2.45) is 5.92 Å². The third-order valence-corrected chi connectivity index (χ3v) is 7.23. The fourth-order valence-corrected chi connectivity index (χ4v) is 6.16. The molecule has 3 heteroatoms. The minimum atomic E-state index is -0.661. The number of hydrogen-bond donors (Lipinski definition) is 0. The van der Waals surface area contributed by atoms with E-state index >= 15 is 0 Å². The van der Waals surface area contributed by atoms with Crippen molar-refractivity contribution in [1.82, 2.24) is 4.90 Å². The standard InChI is InChI=1S/C20H19Cl2N/c21-20(22)18-10-9-15-6-3-4-8-17(15)19(18,20)23-12-11-14-5-1-2-7-16(14)13-23/h1-8,18H,9-13H2. The molecule has 2 aromatic carbocycles. The third-order valence-electron chi connectivity index (χ3n) is 6.13. The topological polar surface area (TPSA) is 3.24 Å². The second-order valence-electron chi connectivity index (χ2n) is 7.08. The smallest absolute Gasteiger partial charge is 0.146 e. The molecule has 0 N–H and O–H groups in total. The molecule has 0 radical (unpaired) electrons. The lowest BCUT2D eigenvalue weighted by Gasteiger charge is -2.40. The zero-order chi connectivity index (χ0) is 15.7. The minimum Gasteiger partial charge on any atom is -0.286 e. The van der Waals surface area contributed by atoms with Crippen molar-refractivity contribution in [3.8, 4) is 0 Å². The fourth-order valence-electron chi connectivity index (χ4n) is 5.02. The Hall–Kier alpha value is -1.02. The van der Waals surface area contributed by atoms with Crippen LogP contribution in [0.2, 0.25) is 0 Å². The average Bonchev–Trinajstić information content (AvgIpc) is 3.12. The first-order valence-electron chi connectivity index (χ1n) is 8.43. The van der Waals surface area contributed by atoms with Crippen LogP contribution in [-0.2, 0) is 24.9 Å².